The van der Waals surface area contributed by atoms with Crippen LogP contribution >= 0.6 is 23.2 Å². The molecule has 1 aromatic carbocycles. The minimum atomic E-state index is -3.63. The second-order valence-electron chi connectivity index (χ2n) is 5.50. The number of hydrogen-bond acceptors (Lipinski definition) is 4. The molecule has 0 bridgehead atoms. The highest BCUT2D eigenvalue weighted by Gasteiger charge is 2.31. The van der Waals surface area contributed by atoms with Gasteiger partial charge in [-0.1, -0.05) is 29.3 Å². The van der Waals surface area contributed by atoms with E-state index < -0.39 is 10.0 Å². The molecule has 0 atom stereocenters. The van der Waals surface area contributed by atoms with Gasteiger partial charge in [-0.3, -0.25) is 4.79 Å². The van der Waals surface area contributed by atoms with E-state index in [4.69, 9.17) is 23.2 Å². The maximum atomic E-state index is 12.7. The Labute approximate surface area is 156 Å². The third-order valence-electron chi connectivity index (χ3n) is 3.95. The van der Waals surface area contributed by atoms with E-state index in [9.17, 15) is 13.2 Å². The summed E-state index contributed by atoms with van der Waals surface area (Å²) in [6.07, 6.45) is 1.51. The number of nitrogens with zero attached hydrogens (tertiary/aromatic N) is 3. The number of hydrogen-bond donors (Lipinski definition) is 0. The molecule has 2 aromatic rings. The maximum absolute atomic E-state index is 12.7. The van der Waals surface area contributed by atoms with Crippen LogP contribution in [-0.2, 0) is 10.0 Å². The lowest BCUT2D eigenvalue weighted by Gasteiger charge is -2.34. The van der Waals surface area contributed by atoms with Gasteiger partial charge in [-0.25, -0.2) is 13.4 Å². The molecule has 1 fully saturated rings. The molecule has 0 spiro atoms. The molecule has 6 nitrogen and oxygen atoms in total. The van der Waals surface area contributed by atoms with Crippen molar-refractivity contribution in [2.45, 2.75) is 4.90 Å². The molecule has 1 amide bonds. The van der Waals surface area contributed by atoms with Crippen LogP contribution in [0, 0.1) is 0 Å². The van der Waals surface area contributed by atoms with Gasteiger partial charge in [0.05, 0.1) is 10.5 Å². The summed E-state index contributed by atoms with van der Waals surface area (Å²) >= 11 is 11.8. The number of rotatable bonds is 3. The van der Waals surface area contributed by atoms with Gasteiger partial charge in [0.15, 0.2) is 0 Å². The first-order valence-corrected chi connectivity index (χ1v) is 9.75. The molecule has 0 aliphatic carbocycles. The zero-order valence-corrected chi connectivity index (χ0v) is 15.4. The van der Waals surface area contributed by atoms with Crippen LogP contribution < -0.4 is 0 Å². The summed E-state index contributed by atoms with van der Waals surface area (Å²) < 4.78 is 26.7. The minimum absolute atomic E-state index is 0.140. The summed E-state index contributed by atoms with van der Waals surface area (Å²) in [6.45, 7) is 0.977. The van der Waals surface area contributed by atoms with E-state index in [-0.39, 0.29) is 42.1 Å². The Hall–Kier alpha value is -1.67. The summed E-state index contributed by atoms with van der Waals surface area (Å²) in [6, 6.07) is 9.39. The van der Waals surface area contributed by atoms with Gasteiger partial charge in [-0.15, -0.1) is 0 Å². The molecule has 0 unspecified atom stereocenters. The molecule has 132 valence electrons. The van der Waals surface area contributed by atoms with Crippen molar-refractivity contribution >= 4 is 39.1 Å². The summed E-state index contributed by atoms with van der Waals surface area (Å²) in [5.41, 5.74) is 0.315. The number of carbonyl (C=O) groups is 1. The predicted octanol–water partition coefficient (Wildman–Crippen LogP) is 2.54. The molecule has 0 saturated carbocycles. The van der Waals surface area contributed by atoms with Crippen molar-refractivity contribution in [3.8, 4) is 0 Å². The maximum Gasteiger partial charge on any atom is 0.257 e. The molecular weight excluding hydrogens is 385 g/mol. The van der Waals surface area contributed by atoms with Gasteiger partial charge in [0.2, 0.25) is 10.0 Å². The van der Waals surface area contributed by atoms with Crippen LogP contribution in [0.15, 0.2) is 47.5 Å². The number of benzene rings is 1. The number of amides is 1. The number of aromatic nitrogens is 1. The summed E-state index contributed by atoms with van der Waals surface area (Å²) in [7, 11) is -3.63. The summed E-state index contributed by atoms with van der Waals surface area (Å²) in [4.78, 5) is 18.1. The van der Waals surface area contributed by atoms with E-state index >= 15 is 0 Å². The van der Waals surface area contributed by atoms with Crippen LogP contribution in [0.25, 0.3) is 0 Å². The Kier molecular flexibility index (Phi) is 5.29. The molecule has 1 aliphatic heterocycles. The number of halogens is 2. The van der Waals surface area contributed by atoms with Gasteiger partial charge in [0.25, 0.3) is 5.91 Å². The van der Waals surface area contributed by atoms with Crippen molar-refractivity contribution in [3.05, 3.63) is 58.3 Å². The first-order chi connectivity index (χ1) is 11.9. The normalized spacial score (nSPS) is 16.0. The lowest BCUT2D eigenvalue weighted by molar-refractivity contribution is 0.0697. The zero-order chi connectivity index (χ0) is 18.0. The number of pyridine rings is 1. The van der Waals surface area contributed by atoms with Crippen LogP contribution in [0.1, 0.15) is 10.4 Å². The van der Waals surface area contributed by atoms with Crippen LogP contribution in [0.4, 0.5) is 0 Å². The average molecular weight is 400 g/mol. The van der Waals surface area contributed by atoms with Crippen molar-refractivity contribution in [2.75, 3.05) is 26.2 Å². The van der Waals surface area contributed by atoms with Crippen LogP contribution in [-0.4, -0.2) is 54.7 Å². The highest BCUT2D eigenvalue weighted by Crippen LogP contribution is 2.22. The van der Waals surface area contributed by atoms with E-state index in [1.807, 2.05) is 0 Å². The number of piperazine rings is 1. The van der Waals surface area contributed by atoms with Crippen LogP contribution in [0.2, 0.25) is 10.2 Å². The standard InChI is InChI=1S/C16H15Cl2N3O3S/c17-12-3-1-4-13(11-12)25(23,24)21-9-7-20(8-10-21)16(22)14-5-2-6-19-15(14)18/h1-6,11H,7-10H2. The lowest BCUT2D eigenvalue weighted by Crippen LogP contribution is -2.50. The third-order valence-corrected chi connectivity index (χ3v) is 6.38. The minimum Gasteiger partial charge on any atom is -0.336 e. The van der Waals surface area contributed by atoms with Crippen molar-refractivity contribution in [1.29, 1.82) is 0 Å². The third kappa shape index (κ3) is 3.79. The Morgan fingerprint density at radius 3 is 2.40 bits per heavy atom. The zero-order valence-electron chi connectivity index (χ0n) is 13.1. The Morgan fingerprint density at radius 2 is 1.76 bits per heavy atom. The van der Waals surface area contributed by atoms with E-state index in [2.05, 4.69) is 4.98 Å². The van der Waals surface area contributed by atoms with Gasteiger partial charge in [0.1, 0.15) is 5.15 Å². The van der Waals surface area contributed by atoms with Crippen molar-refractivity contribution in [2.24, 2.45) is 0 Å². The first-order valence-electron chi connectivity index (χ1n) is 7.55. The Morgan fingerprint density at radius 1 is 1.04 bits per heavy atom. The molecule has 1 saturated heterocycles. The van der Waals surface area contributed by atoms with Gasteiger partial charge >= 0.3 is 0 Å². The highest BCUT2D eigenvalue weighted by molar-refractivity contribution is 7.89. The lowest BCUT2D eigenvalue weighted by atomic mass is 10.2. The quantitative estimate of drug-likeness (QED) is 0.743. The van der Waals surface area contributed by atoms with Crippen LogP contribution in [0.3, 0.4) is 0 Å². The SMILES string of the molecule is O=C(c1cccnc1Cl)N1CCN(S(=O)(=O)c2cccc(Cl)c2)CC1. The molecule has 0 radical (unpaired) electrons. The van der Waals surface area contributed by atoms with Crippen molar-refractivity contribution < 1.29 is 13.2 Å². The molecule has 1 aromatic heterocycles. The van der Waals surface area contributed by atoms with Gasteiger partial charge < -0.3 is 4.90 Å². The fraction of sp³-hybridized carbons (Fsp3) is 0.250. The summed E-state index contributed by atoms with van der Waals surface area (Å²) in [5, 5.41) is 0.502. The fourth-order valence-corrected chi connectivity index (χ4v) is 4.55. The predicted molar refractivity (Wildman–Crippen MR) is 95.4 cm³/mol. The van der Waals surface area contributed by atoms with E-state index in [0.29, 0.717) is 10.6 Å². The molecule has 3 rings (SSSR count). The Bertz CT molecular complexity index is 897. The van der Waals surface area contributed by atoms with Gasteiger partial charge in [-0.2, -0.15) is 4.31 Å². The highest BCUT2D eigenvalue weighted by atomic mass is 35.5. The topological polar surface area (TPSA) is 70.6 Å². The molecule has 9 heteroatoms. The molecule has 2 heterocycles. The Balaban J connectivity index is 1.72. The van der Waals surface area contributed by atoms with E-state index in [1.165, 1.54) is 22.6 Å². The van der Waals surface area contributed by atoms with Gasteiger partial charge in [-0.05, 0) is 30.3 Å². The molecule has 25 heavy (non-hydrogen) atoms. The molecule has 1 aliphatic rings. The monoisotopic (exact) mass is 399 g/mol. The van der Waals surface area contributed by atoms with E-state index in [0.717, 1.165) is 0 Å². The van der Waals surface area contributed by atoms with Gasteiger partial charge in [0, 0.05) is 37.4 Å². The number of sulfonamides is 1. The summed E-state index contributed by atoms with van der Waals surface area (Å²) in [5.74, 6) is -0.252. The van der Waals surface area contributed by atoms with E-state index in [1.54, 1.807) is 29.2 Å². The fourth-order valence-electron chi connectivity index (χ4n) is 2.62. The second-order valence-corrected chi connectivity index (χ2v) is 8.23. The van der Waals surface area contributed by atoms with Crippen LogP contribution in [0.5, 0.6) is 0 Å². The number of carbonyl (C=O) groups excluding carboxylic acids is 1. The second kappa shape index (κ2) is 7.29. The van der Waals surface area contributed by atoms with Crippen molar-refractivity contribution in [3.63, 3.8) is 0 Å². The largest absolute Gasteiger partial charge is 0.336 e. The molecular formula is C16H15Cl2N3O3S. The first kappa shape index (κ1) is 18.1. The average Bonchev–Trinajstić information content (AvgIpc) is 2.62. The molecule has 0 N–H and O–H groups in total. The van der Waals surface area contributed by atoms with Crippen molar-refractivity contribution in [1.82, 2.24) is 14.2 Å². The smallest absolute Gasteiger partial charge is 0.257 e.